The highest BCUT2D eigenvalue weighted by molar-refractivity contribution is 5.84. The molecule has 0 saturated carbocycles. The van der Waals surface area contributed by atoms with Crippen molar-refractivity contribution in [3.05, 3.63) is 47.2 Å². The van der Waals surface area contributed by atoms with Crippen molar-refractivity contribution in [2.45, 2.75) is 58.7 Å². The van der Waals surface area contributed by atoms with E-state index in [1.165, 1.54) is 27.7 Å². The fourth-order valence-corrected chi connectivity index (χ4v) is 3.07. The Balaban J connectivity index is 1.65. The van der Waals surface area contributed by atoms with Crippen molar-refractivity contribution in [1.29, 1.82) is 0 Å². The number of benzene rings is 1. The Morgan fingerprint density at radius 3 is 2.76 bits per heavy atom. The van der Waals surface area contributed by atoms with Crippen LogP contribution in [0.25, 0.3) is 10.9 Å². The number of para-hydroxylation sites is 1. The van der Waals surface area contributed by atoms with Crippen molar-refractivity contribution in [1.82, 2.24) is 4.98 Å². The summed E-state index contributed by atoms with van der Waals surface area (Å²) in [6, 6.07) is 8.55. The van der Waals surface area contributed by atoms with E-state index in [4.69, 9.17) is 4.74 Å². The maximum atomic E-state index is 5.65. The summed E-state index contributed by atoms with van der Waals surface area (Å²) in [4.78, 5) is 3.47. The molecule has 0 amide bonds. The number of nitrogens with one attached hydrogen (secondary N) is 1. The van der Waals surface area contributed by atoms with Gasteiger partial charge in [0.2, 0.25) is 0 Å². The number of aromatic amines is 1. The molecule has 2 heteroatoms. The molecule has 1 unspecified atom stereocenters. The van der Waals surface area contributed by atoms with Crippen LogP contribution in [0.4, 0.5) is 0 Å². The summed E-state index contributed by atoms with van der Waals surface area (Å²) < 4.78 is 5.65. The Bertz CT molecular complexity index is 678. The molecule has 1 aliphatic rings. The monoisotopic (exact) mass is 283 g/mol. The van der Waals surface area contributed by atoms with Gasteiger partial charge in [-0.1, -0.05) is 29.8 Å². The van der Waals surface area contributed by atoms with Crippen LogP contribution in [-0.4, -0.2) is 16.7 Å². The molecule has 112 valence electrons. The van der Waals surface area contributed by atoms with Crippen molar-refractivity contribution in [3.8, 4) is 0 Å². The molecular formula is C19H25NO. The van der Waals surface area contributed by atoms with E-state index in [1.54, 1.807) is 0 Å². The number of epoxide rings is 1. The molecule has 0 bridgehead atoms. The molecule has 2 heterocycles. The van der Waals surface area contributed by atoms with Crippen LogP contribution in [-0.2, 0) is 11.2 Å². The molecule has 1 atom stereocenters. The van der Waals surface area contributed by atoms with Crippen LogP contribution in [0.15, 0.2) is 35.9 Å². The SMILES string of the molecule is C/C(=C\Cc1c(C)[nH]c2ccccc12)CCC1OC1(C)C. The van der Waals surface area contributed by atoms with Gasteiger partial charge in [-0.15, -0.1) is 0 Å². The number of H-pyrrole nitrogens is 1. The van der Waals surface area contributed by atoms with Crippen LogP contribution in [0.1, 0.15) is 44.9 Å². The van der Waals surface area contributed by atoms with Crippen LogP contribution in [0.5, 0.6) is 0 Å². The van der Waals surface area contributed by atoms with Gasteiger partial charge in [0.05, 0.1) is 11.7 Å². The Morgan fingerprint density at radius 1 is 1.33 bits per heavy atom. The predicted octanol–water partition coefficient (Wildman–Crippen LogP) is 4.92. The fraction of sp³-hybridized carbons (Fsp3) is 0.474. The van der Waals surface area contributed by atoms with E-state index in [0.717, 1.165) is 19.3 Å². The molecule has 0 spiro atoms. The highest BCUT2D eigenvalue weighted by Crippen LogP contribution is 2.39. The third-order valence-corrected chi connectivity index (χ3v) is 4.65. The highest BCUT2D eigenvalue weighted by atomic mass is 16.6. The number of ether oxygens (including phenoxy) is 1. The second-order valence-electron chi connectivity index (χ2n) is 6.78. The molecule has 21 heavy (non-hydrogen) atoms. The van der Waals surface area contributed by atoms with Gasteiger partial charge in [-0.25, -0.2) is 0 Å². The first-order valence-corrected chi connectivity index (χ1v) is 7.87. The molecule has 1 saturated heterocycles. The van der Waals surface area contributed by atoms with E-state index >= 15 is 0 Å². The van der Waals surface area contributed by atoms with Crippen molar-refractivity contribution in [2.75, 3.05) is 0 Å². The minimum absolute atomic E-state index is 0.119. The van der Waals surface area contributed by atoms with E-state index in [1.807, 2.05) is 0 Å². The first-order valence-electron chi connectivity index (χ1n) is 7.87. The molecule has 3 rings (SSSR count). The zero-order chi connectivity index (χ0) is 15.0. The smallest absolute Gasteiger partial charge is 0.0892 e. The molecular weight excluding hydrogens is 258 g/mol. The maximum absolute atomic E-state index is 5.65. The lowest BCUT2D eigenvalue weighted by atomic mass is 10.0. The molecule has 1 aliphatic heterocycles. The lowest BCUT2D eigenvalue weighted by Crippen LogP contribution is -2.02. The molecule has 1 fully saturated rings. The second kappa shape index (κ2) is 5.34. The largest absolute Gasteiger partial charge is 0.367 e. The molecule has 1 aromatic heterocycles. The average Bonchev–Trinajstić information content (AvgIpc) is 2.92. The lowest BCUT2D eigenvalue weighted by Gasteiger charge is -2.02. The molecule has 1 N–H and O–H groups in total. The molecule has 0 radical (unpaired) electrons. The first-order chi connectivity index (χ1) is 9.97. The Labute approximate surface area is 127 Å². The Kier molecular flexibility index (Phi) is 3.66. The average molecular weight is 283 g/mol. The zero-order valence-corrected chi connectivity index (χ0v) is 13.5. The number of hydrogen-bond donors (Lipinski definition) is 1. The topological polar surface area (TPSA) is 28.3 Å². The highest BCUT2D eigenvalue weighted by Gasteiger charge is 2.46. The van der Waals surface area contributed by atoms with Gasteiger partial charge in [0, 0.05) is 16.6 Å². The second-order valence-corrected chi connectivity index (χ2v) is 6.78. The van der Waals surface area contributed by atoms with Gasteiger partial charge in [-0.05, 0) is 58.6 Å². The predicted molar refractivity (Wildman–Crippen MR) is 88.7 cm³/mol. The van der Waals surface area contributed by atoms with E-state index < -0.39 is 0 Å². The van der Waals surface area contributed by atoms with E-state index in [0.29, 0.717) is 6.10 Å². The normalized spacial score (nSPS) is 21.0. The van der Waals surface area contributed by atoms with Gasteiger partial charge >= 0.3 is 0 Å². The van der Waals surface area contributed by atoms with E-state index in [2.05, 4.69) is 63.0 Å². The summed E-state index contributed by atoms with van der Waals surface area (Å²) >= 11 is 0. The summed E-state index contributed by atoms with van der Waals surface area (Å²) in [6.07, 6.45) is 6.11. The summed E-state index contributed by atoms with van der Waals surface area (Å²) in [6.45, 7) is 8.75. The zero-order valence-electron chi connectivity index (χ0n) is 13.5. The number of aromatic nitrogens is 1. The minimum Gasteiger partial charge on any atom is -0.367 e. The Hall–Kier alpha value is -1.54. The van der Waals surface area contributed by atoms with Gasteiger partial charge in [0.25, 0.3) is 0 Å². The Morgan fingerprint density at radius 2 is 2.05 bits per heavy atom. The first kappa shape index (κ1) is 14.4. The van der Waals surface area contributed by atoms with E-state index in [-0.39, 0.29) is 5.60 Å². The van der Waals surface area contributed by atoms with Gasteiger partial charge in [-0.3, -0.25) is 0 Å². The van der Waals surface area contributed by atoms with Gasteiger partial charge in [0.1, 0.15) is 0 Å². The molecule has 2 aromatic rings. The van der Waals surface area contributed by atoms with Crippen molar-refractivity contribution >= 4 is 10.9 Å². The lowest BCUT2D eigenvalue weighted by molar-refractivity contribution is 0.320. The third kappa shape index (κ3) is 3.06. The standard InChI is InChI=1S/C19H25NO/c1-13(10-12-18-19(3,4)21-18)9-11-15-14(2)20-17-8-6-5-7-16(15)17/h5-9,18,20H,10-12H2,1-4H3/b13-9+. The van der Waals surface area contributed by atoms with Crippen LogP contribution >= 0.6 is 0 Å². The number of hydrogen-bond acceptors (Lipinski definition) is 1. The van der Waals surface area contributed by atoms with Crippen LogP contribution in [0, 0.1) is 6.92 Å². The maximum Gasteiger partial charge on any atom is 0.0892 e. The summed E-state index contributed by atoms with van der Waals surface area (Å²) in [5.74, 6) is 0. The molecule has 2 nitrogen and oxygen atoms in total. The van der Waals surface area contributed by atoms with Crippen LogP contribution < -0.4 is 0 Å². The van der Waals surface area contributed by atoms with Gasteiger partial charge in [0.15, 0.2) is 0 Å². The fourth-order valence-electron chi connectivity index (χ4n) is 3.07. The number of allylic oxidation sites excluding steroid dienone is 2. The quantitative estimate of drug-likeness (QED) is 0.612. The molecule has 0 aliphatic carbocycles. The summed E-state index contributed by atoms with van der Waals surface area (Å²) in [5, 5.41) is 1.35. The van der Waals surface area contributed by atoms with Crippen LogP contribution in [0.3, 0.4) is 0 Å². The van der Waals surface area contributed by atoms with Gasteiger partial charge in [-0.2, -0.15) is 0 Å². The minimum atomic E-state index is 0.119. The third-order valence-electron chi connectivity index (χ3n) is 4.65. The van der Waals surface area contributed by atoms with Crippen molar-refractivity contribution in [3.63, 3.8) is 0 Å². The summed E-state index contributed by atoms with van der Waals surface area (Å²) in [5.41, 5.74) is 5.53. The van der Waals surface area contributed by atoms with E-state index in [9.17, 15) is 0 Å². The number of rotatable bonds is 5. The van der Waals surface area contributed by atoms with Gasteiger partial charge < -0.3 is 9.72 Å². The summed E-state index contributed by atoms with van der Waals surface area (Å²) in [7, 11) is 0. The number of fused-ring (bicyclic) bond motifs is 1. The van der Waals surface area contributed by atoms with Crippen molar-refractivity contribution < 1.29 is 4.74 Å². The molecule has 1 aromatic carbocycles. The van der Waals surface area contributed by atoms with Crippen molar-refractivity contribution in [2.24, 2.45) is 0 Å². The number of aryl methyl sites for hydroxylation is 1. The van der Waals surface area contributed by atoms with Crippen LogP contribution in [0.2, 0.25) is 0 Å².